The molecule has 244 valence electrons. The van der Waals surface area contributed by atoms with Gasteiger partial charge in [0.2, 0.25) is 5.90 Å². The molecule has 0 radical (unpaired) electrons. The maximum absolute atomic E-state index is 14.9. The predicted octanol–water partition coefficient (Wildman–Crippen LogP) is 8.42. The van der Waals surface area contributed by atoms with Gasteiger partial charge in [-0.1, -0.05) is 123 Å². The van der Waals surface area contributed by atoms with E-state index in [2.05, 4.69) is 61.4 Å². The van der Waals surface area contributed by atoms with Gasteiger partial charge in [-0.15, -0.1) is 0 Å². The highest BCUT2D eigenvalue weighted by molar-refractivity contribution is 9.10. The minimum absolute atomic E-state index is 0.0628. The van der Waals surface area contributed by atoms with Crippen LogP contribution in [0.4, 0.5) is 0 Å². The number of aliphatic hydroxyl groups is 1. The highest BCUT2D eigenvalue weighted by atomic mass is 79.9. The molecule has 1 aliphatic heterocycles. The molecule has 8 heteroatoms. The Kier molecular flexibility index (Phi) is 11.1. The van der Waals surface area contributed by atoms with E-state index in [1.54, 1.807) is 0 Å². The third-order valence-electron chi connectivity index (χ3n) is 8.49. The summed E-state index contributed by atoms with van der Waals surface area (Å²) in [4.78, 5) is 20.1. The fourth-order valence-corrected chi connectivity index (χ4v) is 6.69. The van der Waals surface area contributed by atoms with Gasteiger partial charge >= 0.3 is 0 Å². The average Bonchev–Trinajstić information content (AvgIpc) is 3.51. The van der Waals surface area contributed by atoms with Gasteiger partial charge in [0.25, 0.3) is 5.91 Å². The van der Waals surface area contributed by atoms with Crippen molar-refractivity contribution < 1.29 is 19.4 Å². The molecule has 0 aromatic heterocycles. The summed E-state index contributed by atoms with van der Waals surface area (Å²) in [6, 6.07) is 43.7. The summed E-state index contributed by atoms with van der Waals surface area (Å²) >= 11 is 7.28. The molecule has 0 fully saturated rings. The lowest BCUT2D eigenvalue weighted by Crippen LogP contribution is -2.50. The van der Waals surface area contributed by atoms with Gasteiger partial charge in [-0.2, -0.15) is 0 Å². The van der Waals surface area contributed by atoms with Crippen molar-refractivity contribution in [2.45, 2.75) is 30.4 Å². The zero-order valence-corrected chi connectivity index (χ0v) is 29.4. The van der Waals surface area contributed by atoms with Crippen LogP contribution in [0, 0.1) is 0 Å². The van der Waals surface area contributed by atoms with Gasteiger partial charge < -0.3 is 19.9 Å². The molecule has 0 spiro atoms. The number of nitrogens with zero attached hydrogens (tertiary/aromatic N) is 1. The van der Waals surface area contributed by atoms with E-state index < -0.39 is 11.6 Å². The summed E-state index contributed by atoms with van der Waals surface area (Å²) < 4.78 is 14.3. The Morgan fingerprint density at radius 3 is 2.08 bits per heavy atom. The van der Waals surface area contributed by atoms with Gasteiger partial charge in [0, 0.05) is 46.4 Å². The van der Waals surface area contributed by atoms with E-state index in [9.17, 15) is 4.79 Å². The third kappa shape index (κ3) is 7.73. The summed E-state index contributed by atoms with van der Waals surface area (Å²) in [5.41, 5.74) is 3.41. The zero-order chi connectivity index (χ0) is 33.3. The lowest BCUT2D eigenvalue weighted by atomic mass is 9.81. The van der Waals surface area contributed by atoms with E-state index in [4.69, 9.17) is 19.6 Å². The van der Waals surface area contributed by atoms with Gasteiger partial charge in [-0.3, -0.25) is 4.79 Å². The Labute approximate surface area is 298 Å². The van der Waals surface area contributed by atoms with Crippen LogP contribution in [-0.4, -0.2) is 42.2 Å². The molecule has 5 aromatic carbocycles. The van der Waals surface area contributed by atoms with Gasteiger partial charge in [0.1, 0.15) is 5.75 Å². The predicted molar refractivity (Wildman–Crippen MR) is 196 cm³/mol. The molecule has 0 aliphatic carbocycles. The van der Waals surface area contributed by atoms with Gasteiger partial charge in [0.05, 0.1) is 6.61 Å². The molecule has 1 heterocycles. The highest BCUT2D eigenvalue weighted by Gasteiger charge is 2.53. The standard InChI is InChI=1S/C40H36Br2N2O4/c41-33-20-16-30(17-21-33)37-40(26-32-14-7-8-15-36(32)42,44-38(48-37)31-18-22-34(23-19-31)47-25-9-24-45)39(46)43-27-35(28-10-3-1-4-11-28)29-12-5-2-6-13-29/h1-8,10-23,35,37,45H,9,24-27H2,(H,43,46)/t37-,40-/m1/s1. The third-order valence-corrected chi connectivity index (χ3v) is 9.79. The molecular weight excluding hydrogens is 732 g/mol. The molecule has 6 rings (SSSR count). The van der Waals surface area contributed by atoms with E-state index in [0.29, 0.717) is 37.6 Å². The number of nitrogens with one attached hydrogen (secondary N) is 1. The number of hydrogen-bond acceptors (Lipinski definition) is 5. The molecule has 1 aliphatic rings. The molecule has 0 saturated carbocycles. The molecule has 2 N–H and O–H groups in total. The second-order valence-corrected chi connectivity index (χ2v) is 13.5. The SMILES string of the molecule is O=C(NCC(c1ccccc1)c1ccccc1)[C@]1(Cc2ccccc2Br)N=C(c2ccc(OCCCO)cc2)O[C@@H]1c1ccc(Br)cc1. The van der Waals surface area contributed by atoms with Crippen molar-refractivity contribution in [2.75, 3.05) is 19.8 Å². The van der Waals surface area contributed by atoms with Crippen molar-refractivity contribution in [3.05, 3.63) is 170 Å². The largest absolute Gasteiger partial charge is 0.494 e. The smallest absolute Gasteiger partial charge is 0.252 e. The second kappa shape index (κ2) is 15.8. The van der Waals surface area contributed by atoms with Crippen LogP contribution in [0.25, 0.3) is 0 Å². The number of carbonyl (C=O) groups excluding carboxylic acids is 1. The number of carbonyl (C=O) groups is 1. The van der Waals surface area contributed by atoms with E-state index in [1.807, 2.05) is 109 Å². The molecular formula is C40H36Br2N2O4. The Hall–Kier alpha value is -4.24. The van der Waals surface area contributed by atoms with E-state index in [-0.39, 0.29) is 18.4 Å². The number of ether oxygens (including phenoxy) is 2. The van der Waals surface area contributed by atoms with Crippen molar-refractivity contribution in [1.29, 1.82) is 0 Å². The lowest BCUT2D eigenvalue weighted by molar-refractivity contribution is -0.129. The number of benzene rings is 5. The number of aliphatic imine (C=N–C) groups is 1. The van der Waals surface area contributed by atoms with Gasteiger partial charge in [-0.05, 0) is 64.7 Å². The summed E-state index contributed by atoms with van der Waals surface area (Å²) in [6.07, 6.45) is 0.142. The normalized spacial score (nSPS) is 17.1. The minimum Gasteiger partial charge on any atom is -0.494 e. The van der Waals surface area contributed by atoms with Crippen LogP contribution < -0.4 is 10.1 Å². The second-order valence-electron chi connectivity index (χ2n) is 11.7. The fraction of sp³-hybridized carbons (Fsp3) is 0.200. The number of amides is 1. The topological polar surface area (TPSA) is 80.2 Å². The molecule has 6 nitrogen and oxygen atoms in total. The van der Waals surface area contributed by atoms with Crippen molar-refractivity contribution in [3.63, 3.8) is 0 Å². The van der Waals surface area contributed by atoms with E-state index >= 15 is 0 Å². The molecule has 0 unspecified atom stereocenters. The lowest BCUT2D eigenvalue weighted by Gasteiger charge is -2.32. The fourth-order valence-electron chi connectivity index (χ4n) is 6.00. The first kappa shape index (κ1) is 33.7. The molecule has 5 aromatic rings. The van der Waals surface area contributed by atoms with Crippen molar-refractivity contribution in [1.82, 2.24) is 5.32 Å². The summed E-state index contributed by atoms with van der Waals surface area (Å²) in [6.45, 7) is 0.864. The summed E-state index contributed by atoms with van der Waals surface area (Å²) in [5.74, 6) is 0.782. The van der Waals surface area contributed by atoms with E-state index in [1.165, 1.54) is 0 Å². The molecule has 0 saturated heterocycles. The summed E-state index contributed by atoms with van der Waals surface area (Å²) in [7, 11) is 0. The number of halogens is 2. The maximum atomic E-state index is 14.9. The highest BCUT2D eigenvalue weighted by Crippen LogP contribution is 2.44. The first-order valence-corrected chi connectivity index (χ1v) is 17.5. The van der Waals surface area contributed by atoms with Crippen LogP contribution in [0.1, 0.15) is 46.3 Å². The monoisotopic (exact) mass is 766 g/mol. The Balaban J connectivity index is 1.41. The number of aliphatic hydroxyl groups excluding tert-OH is 1. The van der Waals surface area contributed by atoms with Crippen LogP contribution in [-0.2, 0) is 16.0 Å². The maximum Gasteiger partial charge on any atom is 0.252 e. The summed E-state index contributed by atoms with van der Waals surface area (Å²) in [5, 5.41) is 12.4. The van der Waals surface area contributed by atoms with Gasteiger partial charge in [0.15, 0.2) is 11.6 Å². The van der Waals surface area contributed by atoms with Crippen molar-refractivity contribution in [3.8, 4) is 5.75 Å². The van der Waals surface area contributed by atoms with Crippen LogP contribution in [0.5, 0.6) is 5.75 Å². The Morgan fingerprint density at radius 1 is 0.833 bits per heavy atom. The van der Waals surface area contributed by atoms with Crippen molar-refractivity contribution >= 4 is 43.7 Å². The van der Waals surface area contributed by atoms with Gasteiger partial charge in [-0.25, -0.2) is 4.99 Å². The minimum atomic E-state index is -1.33. The Morgan fingerprint density at radius 2 is 1.46 bits per heavy atom. The van der Waals surface area contributed by atoms with Crippen LogP contribution in [0.2, 0.25) is 0 Å². The van der Waals surface area contributed by atoms with Crippen LogP contribution in [0.15, 0.2) is 147 Å². The van der Waals surface area contributed by atoms with E-state index in [0.717, 1.165) is 36.8 Å². The quantitative estimate of drug-likeness (QED) is 0.118. The first-order chi connectivity index (χ1) is 23.5. The van der Waals surface area contributed by atoms with Crippen LogP contribution in [0.3, 0.4) is 0 Å². The first-order valence-electron chi connectivity index (χ1n) is 15.9. The Bertz CT molecular complexity index is 1790. The molecule has 48 heavy (non-hydrogen) atoms. The van der Waals surface area contributed by atoms with Crippen LogP contribution >= 0.6 is 31.9 Å². The molecule has 2 atom stereocenters. The number of hydrogen-bond donors (Lipinski definition) is 2. The molecule has 0 bridgehead atoms. The number of rotatable bonds is 13. The van der Waals surface area contributed by atoms with Crippen molar-refractivity contribution in [2.24, 2.45) is 4.99 Å². The zero-order valence-electron chi connectivity index (χ0n) is 26.3. The average molecular weight is 769 g/mol. The molecule has 1 amide bonds.